The van der Waals surface area contributed by atoms with Gasteiger partial charge in [-0.1, -0.05) is 26.8 Å². The van der Waals surface area contributed by atoms with Gasteiger partial charge in [-0.05, 0) is 48.6 Å². The average molecular weight is 234 g/mol. The van der Waals surface area contributed by atoms with Crippen molar-refractivity contribution in [1.82, 2.24) is 0 Å². The molecule has 0 aliphatic heterocycles. The van der Waals surface area contributed by atoms with Gasteiger partial charge in [0.15, 0.2) is 11.5 Å². The number of benzene rings is 1. The van der Waals surface area contributed by atoms with Crippen LogP contribution in [0.15, 0.2) is 6.07 Å². The standard InChI is InChI=1S/C15H22O2/c1-8(2)11-6-5-9(3)13-12(11)7-10(4)14(16)15(13)17/h7-9,11,16-17H,5-6H2,1-4H3. The zero-order valence-electron chi connectivity index (χ0n) is 11.1. The van der Waals surface area contributed by atoms with Crippen LogP contribution in [0.25, 0.3) is 0 Å². The molecule has 2 unspecified atom stereocenters. The minimum atomic E-state index is 0.0556. The molecule has 0 saturated heterocycles. The topological polar surface area (TPSA) is 40.5 Å². The predicted molar refractivity (Wildman–Crippen MR) is 69.7 cm³/mol. The van der Waals surface area contributed by atoms with Crippen molar-refractivity contribution in [3.8, 4) is 11.5 Å². The second kappa shape index (κ2) is 4.25. The molecule has 2 atom stereocenters. The highest BCUT2D eigenvalue weighted by Crippen LogP contribution is 2.49. The molecule has 1 aliphatic rings. The van der Waals surface area contributed by atoms with Crippen LogP contribution in [0.3, 0.4) is 0 Å². The highest BCUT2D eigenvalue weighted by Gasteiger charge is 2.30. The molecule has 2 nitrogen and oxygen atoms in total. The molecule has 1 aliphatic carbocycles. The van der Waals surface area contributed by atoms with Crippen LogP contribution < -0.4 is 0 Å². The Morgan fingerprint density at radius 3 is 2.41 bits per heavy atom. The number of aromatic hydroxyl groups is 2. The fourth-order valence-electron chi connectivity index (χ4n) is 3.08. The molecule has 2 N–H and O–H groups in total. The van der Waals surface area contributed by atoms with Gasteiger partial charge in [0.1, 0.15) is 0 Å². The van der Waals surface area contributed by atoms with Crippen LogP contribution in [0.2, 0.25) is 0 Å². The Morgan fingerprint density at radius 1 is 1.18 bits per heavy atom. The van der Waals surface area contributed by atoms with Crippen LogP contribution in [0.5, 0.6) is 11.5 Å². The van der Waals surface area contributed by atoms with Gasteiger partial charge >= 0.3 is 0 Å². The molecule has 2 heteroatoms. The van der Waals surface area contributed by atoms with Crippen molar-refractivity contribution in [2.24, 2.45) is 5.92 Å². The highest BCUT2D eigenvalue weighted by atomic mass is 16.3. The number of hydrogen-bond acceptors (Lipinski definition) is 2. The lowest BCUT2D eigenvalue weighted by atomic mass is 9.72. The van der Waals surface area contributed by atoms with E-state index >= 15 is 0 Å². The third-order valence-corrected chi connectivity index (χ3v) is 4.14. The maximum atomic E-state index is 10.1. The van der Waals surface area contributed by atoms with Crippen molar-refractivity contribution < 1.29 is 10.2 Å². The lowest BCUT2D eigenvalue weighted by Gasteiger charge is -2.33. The molecule has 0 saturated carbocycles. The SMILES string of the molecule is Cc1cc2c(c(O)c1O)C(C)CCC2C(C)C. The van der Waals surface area contributed by atoms with Crippen molar-refractivity contribution in [1.29, 1.82) is 0 Å². The zero-order chi connectivity index (χ0) is 12.7. The summed E-state index contributed by atoms with van der Waals surface area (Å²) in [6, 6.07) is 2.06. The highest BCUT2D eigenvalue weighted by molar-refractivity contribution is 5.56. The Balaban J connectivity index is 2.63. The second-order valence-electron chi connectivity index (χ2n) is 5.72. The quantitative estimate of drug-likeness (QED) is 0.720. The zero-order valence-corrected chi connectivity index (χ0v) is 11.1. The Morgan fingerprint density at radius 2 is 1.82 bits per heavy atom. The van der Waals surface area contributed by atoms with Gasteiger partial charge in [-0.15, -0.1) is 0 Å². The first-order valence-corrected chi connectivity index (χ1v) is 6.48. The fraction of sp³-hybridized carbons (Fsp3) is 0.600. The van der Waals surface area contributed by atoms with E-state index in [1.54, 1.807) is 0 Å². The van der Waals surface area contributed by atoms with Crippen LogP contribution in [0.1, 0.15) is 62.1 Å². The van der Waals surface area contributed by atoms with Crippen molar-refractivity contribution in [2.75, 3.05) is 0 Å². The van der Waals surface area contributed by atoms with Crippen LogP contribution in [0.4, 0.5) is 0 Å². The Bertz CT molecular complexity index is 435. The summed E-state index contributed by atoms with van der Waals surface area (Å²) >= 11 is 0. The van der Waals surface area contributed by atoms with Crippen molar-refractivity contribution in [3.63, 3.8) is 0 Å². The molecule has 0 spiro atoms. The number of phenols is 2. The summed E-state index contributed by atoms with van der Waals surface area (Å²) in [4.78, 5) is 0. The molecular formula is C15H22O2. The van der Waals surface area contributed by atoms with Gasteiger partial charge in [0.05, 0.1) is 0 Å². The van der Waals surface area contributed by atoms with Crippen molar-refractivity contribution in [3.05, 3.63) is 22.8 Å². The molecule has 0 bridgehead atoms. The van der Waals surface area contributed by atoms with E-state index in [1.807, 2.05) is 6.92 Å². The van der Waals surface area contributed by atoms with E-state index in [4.69, 9.17) is 0 Å². The van der Waals surface area contributed by atoms with E-state index < -0.39 is 0 Å². The Kier molecular flexibility index (Phi) is 3.07. The van der Waals surface area contributed by atoms with Gasteiger partial charge in [0, 0.05) is 5.56 Å². The number of rotatable bonds is 1. The van der Waals surface area contributed by atoms with Crippen LogP contribution in [-0.4, -0.2) is 10.2 Å². The molecule has 0 heterocycles. The maximum Gasteiger partial charge on any atom is 0.161 e. The number of fused-ring (bicyclic) bond motifs is 1. The van der Waals surface area contributed by atoms with Crippen LogP contribution in [0, 0.1) is 12.8 Å². The van der Waals surface area contributed by atoms with Gasteiger partial charge in [-0.25, -0.2) is 0 Å². The molecule has 2 rings (SSSR count). The van der Waals surface area contributed by atoms with Gasteiger partial charge in [-0.2, -0.15) is 0 Å². The van der Waals surface area contributed by atoms with Crippen molar-refractivity contribution >= 4 is 0 Å². The lowest BCUT2D eigenvalue weighted by Crippen LogP contribution is -2.17. The molecule has 0 amide bonds. The summed E-state index contributed by atoms with van der Waals surface area (Å²) < 4.78 is 0. The predicted octanol–water partition coefficient (Wildman–Crippen LogP) is 4.04. The number of aryl methyl sites for hydroxylation is 1. The van der Waals surface area contributed by atoms with Gasteiger partial charge < -0.3 is 10.2 Å². The van der Waals surface area contributed by atoms with Gasteiger partial charge in [0.2, 0.25) is 0 Å². The third kappa shape index (κ3) is 1.90. The smallest absolute Gasteiger partial charge is 0.161 e. The first kappa shape index (κ1) is 12.3. The minimum absolute atomic E-state index is 0.0556. The Labute approximate surface area is 103 Å². The lowest BCUT2D eigenvalue weighted by molar-refractivity contribution is 0.367. The molecule has 1 aromatic carbocycles. The van der Waals surface area contributed by atoms with Crippen LogP contribution in [-0.2, 0) is 0 Å². The van der Waals surface area contributed by atoms with Crippen LogP contribution >= 0.6 is 0 Å². The molecule has 0 fully saturated rings. The van der Waals surface area contributed by atoms with Gasteiger partial charge in [0.25, 0.3) is 0 Å². The summed E-state index contributed by atoms with van der Waals surface area (Å²) in [6.07, 6.45) is 2.27. The normalized spacial score (nSPS) is 23.8. The summed E-state index contributed by atoms with van der Waals surface area (Å²) in [5.74, 6) is 1.58. The van der Waals surface area contributed by atoms with E-state index in [9.17, 15) is 10.2 Å². The largest absolute Gasteiger partial charge is 0.504 e. The molecule has 94 valence electrons. The molecule has 0 aromatic heterocycles. The number of phenolic OH excluding ortho intramolecular Hbond substituents is 2. The monoisotopic (exact) mass is 234 g/mol. The third-order valence-electron chi connectivity index (χ3n) is 4.14. The first-order valence-electron chi connectivity index (χ1n) is 6.48. The van der Waals surface area contributed by atoms with Crippen molar-refractivity contribution in [2.45, 2.75) is 52.4 Å². The van der Waals surface area contributed by atoms with E-state index in [2.05, 4.69) is 26.8 Å². The van der Waals surface area contributed by atoms with Gasteiger partial charge in [-0.3, -0.25) is 0 Å². The summed E-state index contributed by atoms with van der Waals surface area (Å²) in [5.41, 5.74) is 2.99. The molecule has 1 aromatic rings. The maximum absolute atomic E-state index is 10.1. The van der Waals surface area contributed by atoms with E-state index in [0.717, 1.165) is 17.5 Å². The molecular weight excluding hydrogens is 212 g/mol. The first-order chi connectivity index (χ1) is 7.93. The minimum Gasteiger partial charge on any atom is -0.504 e. The van der Waals surface area contributed by atoms with E-state index in [-0.39, 0.29) is 11.5 Å². The summed E-state index contributed by atoms with van der Waals surface area (Å²) in [5, 5.41) is 20.0. The second-order valence-corrected chi connectivity index (χ2v) is 5.72. The average Bonchev–Trinajstić information content (AvgIpc) is 2.25. The molecule has 17 heavy (non-hydrogen) atoms. The summed E-state index contributed by atoms with van der Waals surface area (Å²) in [7, 11) is 0. The van der Waals surface area contributed by atoms with E-state index in [1.165, 1.54) is 12.0 Å². The molecule has 0 radical (unpaired) electrons. The number of hydrogen-bond donors (Lipinski definition) is 2. The Hall–Kier alpha value is -1.18. The summed E-state index contributed by atoms with van der Waals surface area (Å²) in [6.45, 7) is 8.43. The van der Waals surface area contributed by atoms with E-state index in [0.29, 0.717) is 17.8 Å². The fourth-order valence-corrected chi connectivity index (χ4v) is 3.08.